The van der Waals surface area contributed by atoms with Crippen LogP contribution in [0.25, 0.3) is 0 Å². The van der Waals surface area contributed by atoms with Gasteiger partial charge in [-0.15, -0.1) is 0 Å². The van der Waals surface area contributed by atoms with Gasteiger partial charge in [0.25, 0.3) is 0 Å². The number of rotatable bonds is 6. The van der Waals surface area contributed by atoms with Crippen LogP contribution in [0, 0.1) is 0 Å². The molecule has 1 aromatic heterocycles. The molecule has 0 spiro atoms. The number of pyridine rings is 1. The topological polar surface area (TPSA) is 72.5 Å². The first kappa shape index (κ1) is 20.1. The number of carbonyl (C=O) groups is 1. The Labute approximate surface area is 164 Å². The maximum absolute atomic E-state index is 12.5. The summed E-state index contributed by atoms with van der Waals surface area (Å²) in [7, 11) is 0. The third-order valence-electron chi connectivity index (χ3n) is 3.87. The largest absolute Gasteiger partial charge is 0.486 e. The number of carbonyl (C=O) groups excluding carboxylic acids is 1. The highest BCUT2D eigenvalue weighted by molar-refractivity contribution is 6.32. The van der Waals surface area contributed by atoms with Crippen LogP contribution in [0.15, 0.2) is 30.5 Å². The van der Waals surface area contributed by atoms with Gasteiger partial charge in [0.05, 0.1) is 17.0 Å². The van der Waals surface area contributed by atoms with E-state index >= 15 is 0 Å². The summed E-state index contributed by atoms with van der Waals surface area (Å²) in [5.41, 5.74) is -0.131. The van der Waals surface area contributed by atoms with Gasteiger partial charge in [-0.3, -0.25) is 4.79 Å². The number of nitrogens with one attached hydrogen (secondary N) is 2. The molecule has 2 heterocycles. The predicted molar refractivity (Wildman–Crippen MR) is 96.9 cm³/mol. The van der Waals surface area contributed by atoms with Crippen LogP contribution in [-0.2, 0) is 17.4 Å². The van der Waals surface area contributed by atoms with Crippen molar-refractivity contribution in [2.75, 3.05) is 31.6 Å². The lowest BCUT2D eigenvalue weighted by Gasteiger charge is -2.20. The minimum Gasteiger partial charge on any atom is -0.486 e. The lowest BCUT2D eigenvalue weighted by atomic mass is 10.1. The molecular weight excluding hydrogens is 399 g/mol. The van der Waals surface area contributed by atoms with Gasteiger partial charge in [-0.25, -0.2) is 4.98 Å². The summed E-state index contributed by atoms with van der Waals surface area (Å²) in [5.74, 6) is 1.05. The summed E-state index contributed by atoms with van der Waals surface area (Å²) >= 11 is 6.14. The number of amides is 1. The molecule has 1 aliphatic heterocycles. The summed E-state index contributed by atoms with van der Waals surface area (Å²) in [4.78, 5) is 15.8. The fourth-order valence-corrected chi connectivity index (χ4v) is 2.86. The molecule has 1 aromatic carbocycles. The van der Waals surface area contributed by atoms with E-state index in [2.05, 4.69) is 15.6 Å². The maximum Gasteiger partial charge on any atom is 0.417 e. The monoisotopic (exact) mass is 415 g/mol. The van der Waals surface area contributed by atoms with E-state index in [1.165, 1.54) is 6.07 Å². The van der Waals surface area contributed by atoms with Gasteiger partial charge >= 0.3 is 6.18 Å². The molecule has 2 N–H and O–H groups in total. The standard InChI is InChI=1S/C18H17ClF3N3O3/c19-13-7-11(8-14-17(13)28-6-5-27-14)9-16(26)24-4-3-23-15-2-1-12(10-25-15)18(20,21)22/h1-2,7-8,10H,3-6,9H2,(H,23,25)(H,24,26). The summed E-state index contributed by atoms with van der Waals surface area (Å²) in [6, 6.07) is 5.55. The van der Waals surface area contributed by atoms with E-state index in [0.717, 1.165) is 12.3 Å². The molecule has 0 saturated heterocycles. The van der Waals surface area contributed by atoms with Crippen molar-refractivity contribution in [3.8, 4) is 11.5 Å². The van der Waals surface area contributed by atoms with E-state index in [9.17, 15) is 18.0 Å². The number of aromatic nitrogens is 1. The first-order valence-corrected chi connectivity index (χ1v) is 8.82. The molecule has 10 heteroatoms. The Hall–Kier alpha value is -2.68. The maximum atomic E-state index is 12.5. The molecule has 0 aliphatic carbocycles. The van der Waals surface area contributed by atoms with Crippen LogP contribution in [0.4, 0.5) is 19.0 Å². The lowest BCUT2D eigenvalue weighted by molar-refractivity contribution is -0.137. The molecule has 0 radical (unpaired) electrons. The molecule has 1 aliphatic rings. The minimum atomic E-state index is -4.42. The number of benzene rings is 1. The molecule has 0 fully saturated rings. The number of hydrogen-bond acceptors (Lipinski definition) is 5. The number of fused-ring (bicyclic) bond motifs is 1. The van der Waals surface area contributed by atoms with Gasteiger partial charge in [-0.2, -0.15) is 13.2 Å². The van der Waals surface area contributed by atoms with Gasteiger partial charge in [0, 0.05) is 19.3 Å². The highest BCUT2D eigenvalue weighted by Crippen LogP contribution is 2.38. The van der Waals surface area contributed by atoms with Crippen molar-refractivity contribution < 1.29 is 27.4 Å². The molecule has 150 valence electrons. The van der Waals surface area contributed by atoms with Crippen LogP contribution in [0.1, 0.15) is 11.1 Å². The zero-order chi connectivity index (χ0) is 20.1. The van der Waals surface area contributed by atoms with Crippen LogP contribution in [0.2, 0.25) is 5.02 Å². The summed E-state index contributed by atoms with van der Waals surface area (Å²) in [5, 5.41) is 5.94. The predicted octanol–water partition coefficient (Wildman–Crippen LogP) is 3.30. The SMILES string of the molecule is O=C(Cc1cc(Cl)c2c(c1)OCCO2)NCCNc1ccc(C(F)(F)F)cn1. The van der Waals surface area contributed by atoms with E-state index in [0.29, 0.717) is 47.7 Å². The highest BCUT2D eigenvalue weighted by Gasteiger charge is 2.30. The average Bonchev–Trinajstić information content (AvgIpc) is 2.65. The second-order valence-electron chi connectivity index (χ2n) is 5.99. The molecule has 2 aromatic rings. The van der Waals surface area contributed by atoms with Crippen molar-refractivity contribution in [2.24, 2.45) is 0 Å². The Morgan fingerprint density at radius 2 is 1.96 bits per heavy atom. The second kappa shape index (κ2) is 8.55. The van der Waals surface area contributed by atoms with Crippen molar-refractivity contribution in [1.82, 2.24) is 10.3 Å². The van der Waals surface area contributed by atoms with E-state index < -0.39 is 11.7 Å². The third-order valence-corrected chi connectivity index (χ3v) is 4.15. The molecule has 3 rings (SSSR count). The zero-order valence-electron chi connectivity index (χ0n) is 14.6. The molecule has 0 atom stereocenters. The molecule has 1 amide bonds. The summed E-state index contributed by atoms with van der Waals surface area (Å²) < 4.78 is 48.3. The average molecular weight is 416 g/mol. The Morgan fingerprint density at radius 3 is 2.68 bits per heavy atom. The van der Waals surface area contributed by atoms with Crippen molar-refractivity contribution in [3.05, 3.63) is 46.6 Å². The van der Waals surface area contributed by atoms with Crippen molar-refractivity contribution in [3.63, 3.8) is 0 Å². The smallest absolute Gasteiger partial charge is 0.417 e. The van der Waals surface area contributed by atoms with Crippen LogP contribution in [-0.4, -0.2) is 37.2 Å². The Kier molecular flexibility index (Phi) is 6.13. The number of alkyl halides is 3. The minimum absolute atomic E-state index is 0.106. The van der Waals surface area contributed by atoms with Gasteiger partial charge in [-0.05, 0) is 29.8 Å². The zero-order valence-corrected chi connectivity index (χ0v) is 15.4. The van der Waals surface area contributed by atoms with Crippen molar-refractivity contribution in [1.29, 1.82) is 0 Å². The summed E-state index contributed by atoms with van der Waals surface area (Å²) in [6.07, 6.45) is -3.56. The molecule has 0 saturated carbocycles. The first-order chi connectivity index (χ1) is 13.3. The second-order valence-corrected chi connectivity index (χ2v) is 6.39. The van der Waals surface area contributed by atoms with Crippen LogP contribution in [0.3, 0.4) is 0 Å². The Bertz CT molecular complexity index is 844. The van der Waals surface area contributed by atoms with E-state index in [1.54, 1.807) is 12.1 Å². The quantitative estimate of drug-likeness (QED) is 0.708. The van der Waals surface area contributed by atoms with Gasteiger partial charge in [0.2, 0.25) is 5.91 Å². The fraction of sp³-hybridized carbons (Fsp3) is 0.333. The fourth-order valence-electron chi connectivity index (χ4n) is 2.57. The molecule has 6 nitrogen and oxygen atoms in total. The van der Waals surface area contributed by atoms with E-state index in [-0.39, 0.29) is 18.9 Å². The van der Waals surface area contributed by atoms with Gasteiger partial charge < -0.3 is 20.1 Å². The first-order valence-electron chi connectivity index (χ1n) is 8.45. The van der Waals surface area contributed by atoms with Gasteiger partial charge in [0.1, 0.15) is 19.0 Å². The molecule has 28 heavy (non-hydrogen) atoms. The number of anilines is 1. The molecule has 0 unspecified atom stereocenters. The van der Waals surface area contributed by atoms with Crippen molar-refractivity contribution >= 4 is 23.3 Å². The van der Waals surface area contributed by atoms with E-state index in [4.69, 9.17) is 21.1 Å². The van der Waals surface area contributed by atoms with Gasteiger partial charge in [0.15, 0.2) is 11.5 Å². The van der Waals surface area contributed by atoms with Crippen molar-refractivity contribution in [2.45, 2.75) is 12.6 Å². The molecule has 0 bridgehead atoms. The van der Waals surface area contributed by atoms with Gasteiger partial charge in [-0.1, -0.05) is 11.6 Å². The third kappa shape index (κ3) is 5.19. The van der Waals surface area contributed by atoms with E-state index in [1.807, 2.05) is 0 Å². The highest BCUT2D eigenvalue weighted by atomic mass is 35.5. The number of halogens is 4. The van der Waals surface area contributed by atoms with Crippen LogP contribution >= 0.6 is 11.6 Å². The Balaban J connectivity index is 1.44. The number of nitrogens with zero attached hydrogens (tertiary/aromatic N) is 1. The van der Waals surface area contributed by atoms with Crippen LogP contribution < -0.4 is 20.1 Å². The molecular formula is C18H17ClF3N3O3. The number of ether oxygens (including phenoxy) is 2. The number of hydrogen-bond donors (Lipinski definition) is 2. The Morgan fingerprint density at radius 1 is 1.18 bits per heavy atom. The normalized spacial score (nSPS) is 13.1. The lowest BCUT2D eigenvalue weighted by Crippen LogP contribution is -2.30. The van der Waals surface area contributed by atoms with Crippen LogP contribution in [0.5, 0.6) is 11.5 Å². The summed E-state index contributed by atoms with van der Waals surface area (Å²) in [6.45, 7) is 1.43.